The predicted octanol–water partition coefficient (Wildman–Crippen LogP) is 1.47. The smallest absolute Gasteiger partial charge is 0.239 e. The molecule has 0 unspecified atom stereocenters. The zero-order valence-electron chi connectivity index (χ0n) is 4.50. The van der Waals surface area contributed by atoms with Crippen LogP contribution in [0.3, 0.4) is 0 Å². The number of furan rings is 1. The van der Waals surface area contributed by atoms with E-state index in [1.807, 2.05) is 5.38 Å². The summed E-state index contributed by atoms with van der Waals surface area (Å²) in [6.45, 7) is 0. The van der Waals surface area contributed by atoms with Crippen molar-refractivity contribution < 1.29 is 4.42 Å². The molecule has 9 heavy (non-hydrogen) atoms. The topological polar surface area (TPSA) is 52.0 Å². The number of nitrogens with zero attached hydrogens (tertiary/aromatic N) is 1. The summed E-state index contributed by atoms with van der Waals surface area (Å²) in [6, 6.07) is 0. The quantitative estimate of drug-likeness (QED) is 0.602. The highest BCUT2D eigenvalue weighted by molar-refractivity contribution is 7.04. The van der Waals surface area contributed by atoms with Gasteiger partial charge in [-0.25, -0.2) is 0 Å². The Bertz CT molecular complexity index is 324. The lowest BCUT2D eigenvalue weighted by atomic mass is 10.4. The van der Waals surface area contributed by atoms with Crippen molar-refractivity contribution in [3.63, 3.8) is 0 Å². The third-order valence-corrected chi connectivity index (χ3v) is 1.76. The normalized spacial score (nSPS) is 10.7. The van der Waals surface area contributed by atoms with E-state index in [0.717, 1.165) is 5.39 Å². The molecule has 2 aromatic rings. The van der Waals surface area contributed by atoms with Crippen molar-refractivity contribution in [3.8, 4) is 0 Å². The van der Waals surface area contributed by atoms with Crippen LogP contribution in [-0.4, -0.2) is 4.37 Å². The highest BCUT2D eigenvalue weighted by Gasteiger charge is 2.02. The van der Waals surface area contributed by atoms with E-state index in [2.05, 4.69) is 4.37 Å². The lowest BCUT2D eigenvalue weighted by Crippen LogP contribution is -1.76. The molecule has 46 valence electrons. The Hall–Kier alpha value is -1.03. The summed E-state index contributed by atoms with van der Waals surface area (Å²) in [6.07, 6.45) is 1.50. The third kappa shape index (κ3) is 0.533. The summed E-state index contributed by atoms with van der Waals surface area (Å²) in [7, 11) is 0. The van der Waals surface area contributed by atoms with Crippen LogP contribution in [0.2, 0.25) is 0 Å². The fourth-order valence-corrected chi connectivity index (χ4v) is 1.32. The molecule has 0 aliphatic heterocycles. The Labute approximate surface area is 55.2 Å². The van der Waals surface area contributed by atoms with Gasteiger partial charge >= 0.3 is 0 Å². The first-order valence-electron chi connectivity index (χ1n) is 2.45. The van der Waals surface area contributed by atoms with E-state index in [0.29, 0.717) is 11.4 Å². The Morgan fingerprint density at radius 3 is 3.33 bits per heavy atom. The molecule has 0 saturated heterocycles. The number of rotatable bonds is 0. The van der Waals surface area contributed by atoms with Crippen LogP contribution in [0, 0.1) is 0 Å². The number of anilines is 1. The van der Waals surface area contributed by atoms with Gasteiger partial charge in [-0.2, -0.15) is 4.37 Å². The minimum atomic E-state index is 0.637. The summed E-state index contributed by atoms with van der Waals surface area (Å²) in [5.74, 6) is 0. The van der Waals surface area contributed by atoms with Gasteiger partial charge in [-0.1, -0.05) is 0 Å². The van der Waals surface area contributed by atoms with Gasteiger partial charge in [0, 0.05) is 5.38 Å². The average molecular weight is 140 g/mol. The molecule has 2 aromatic heterocycles. The Kier molecular flexibility index (Phi) is 0.790. The average Bonchev–Trinajstić information content (AvgIpc) is 2.35. The zero-order chi connectivity index (χ0) is 6.27. The van der Waals surface area contributed by atoms with Crippen LogP contribution < -0.4 is 5.73 Å². The van der Waals surface area contributed by atoms with E-state index in [4.69, 9.17) is 10.2 Å². The molecule has 2 heterocycles. The molecule has 2 N–H and O–H groups in total. The first kappa shape index (κ1) is 4.81. The Morgan fingerprint density at radius 1 is 1.67 bits per heavy atom. The number of hydrogen-bond donors (Lipinski definition) is 1. The first-order chi connectivity index (χ1) is 4.38. The molecule has 0 spiro atoms. The van der Waals surface area contributed by atoms with Gasteiger partial charge < -0.3 is 10.2 Å². The van der Waals surface area contributed by atoms with Crippen LogP contribution in [0.1, 0.15) is 0 Å². The third-order valence-electron chi connectivity index (χ3n) is 1.15. The molecule has 0 amide bonds. The molecule has 0 aromatic carbocycles. The summed E-state index contributed by atoms with van der Waals surface area (Å²) in [5, 5.41) is 2.79. The summed E-state index contributed by atoms with van der Waals surface area (Å²) >= 11 is 1.35. The van der Waals surface area contributed by atoms with E-state index in [-0.39, 0.29) is 0 Å². The number of nitrogen functional groups attached to an aromatic ring is 1. The lowest BCUT2D eigenvalue weighted by Gasteiger charge is -1.73. The molecule has 3 nitrogen and oxygen atoms in total. The minimum absolute atomic E-state index is 0.637. The van der Waals surface area contributed by atoms with Crippen LogP contribution in [0.5, 0.6) is 0 Å². The van der Waals surface area contributed by atoms with E-state index in [1.165, 1.54) is 17.8 Å². The van der Waals surface area contributed by atoms with Gasteiger partial charge in [0.05, 0.1) is 11.1 Å². The minimum Gasteiger partial charge on any atom is -0.443 e. The van der Waals surface area contributed by atoms with Crippen molar-refractivity contribution >= 4 is 28.3 Å². The molecule has 2 rings (SSSR count). The molecule has 0 aliphatic carbocycles. The van der Waals surface area contributed by atoms with Gasteiger partial charge in [0.2, 0.25) is 5.71 Å². The molecular formula is C5H4N2OS. The standard InChI is InChI=1S/C5H4N2OS/c6-4-1-8-5-3(4)2-9-7-5/h1-2H,6H2. The highest BCUT2D eigenvalue weighted by Crippen LogP contribution is 2.22. The molecule has 0 atom stereocenters. The van der Waals surface area contributed by atoms with E-state index in [9.17, 15) is 0 Å². The zero-order valence-corrected chi connectivity index (χ0v) is 5.31. The monoisotopic (exact) mass is 140 g/mol. The Balaban J connectivity index is 2.99. The second-order valence-electron chi connectivity index (χ2n) is 1.72. The molecule has 0 saturated carbocycles. The largest absolute Gasteiger partial charge is 0.443 e. The summed E-state index contributed by atoms with van der Waals surface area (Å²) in [5.41, 5.74) is 6.80. The van der Waals surface area contributed by atoms with Crippen molar-refractivity contribution in [2.24, 2.45) is 0 Å². The van der Waals surface area contributed by atoms with Crippen LogP contribution >= 0.6 is 11.5 Å². The first-order valence-corrected chi connectivity index (χ1v) is 3.28. The molecule has 0 aliphatic rings. The molecule has 0 radical (unpaired) electrons. The molecule has 4 heteroatoms. The maximum atomic E-state index is 5.49. The fourth-order valence-electron chi connectivity index (χ4n) is 0.686. The maximum absolute atomic E-state index is 5.49. The van der Waals surface area contributed by atoms with Crippen molar-refractivity contribution in [1.82, 2.24) is 4.37 Å². The number of aromatic nitrogens is 1. The van der Waals surface area contributed by atoms with Crippen LogP contribution in [-0.2, 0) is 0 Å². The van der Waals surface area contributed by atoms with Crippen molar-refractivity contribution in [3.05, 3.63) is 11.6 Å². The van der Waals surface area contributed by atoms with Crippen molar-refractivity contribution in [1.29, 1.82) is 0 Å². The highest BCUT2D eigenvalue weighted by atomic mass is 32.1. The van der Waals surface area contributed by atoms with Crippen LogP contribution in [0.25, 0.3) is 11.1 Å². The van der Waals surface area contributed by atoms with Gasteiger partial charge in [-0.05, 0) is 11.5 Å². The fraction of sp³-hybridized carbons (Fsp3) is 0. The molecular weight excluding hydrogens is 136 g/mol. The lowest BCUT2D eigenvalue weighted by molar-refractivity contribution is 0.608. The summed E-state index contributed by atoms with van der Waals surface area (Å²) in [4.78, 5) is 0. The van der Waals surface area contributed by atoms with Gasteiger partial charge in [-0.15, -0.1) is 0 Å². The number of hydrogen-bond acceptors (Lipinski definition) is 4. The van der Waals surface area contributed by atoms with E-state index < -0.39 is 0 Å². The molecule has 0 bridgehead atoms. The van der Waals surface area contributed by atoms with Gasteiger partial charge in [0.25, 0.3) is 0 Å². The maximum Gasteiger partial charge on any atom is 0.239 e. The van der Waals surface area contributed by atoms with E-state index >= 15 is 0 Å². The second-order valence-corrected chi connectivity index (χ2v) is 2.35. The number of fused-ring (bicyclic) bond motifs is 1. The second kappa shape index (κ2) is 1.48. The number of nitrogens with two attached hydrogens (primary N) is 1. The SMILES string of the molecule is Nc1coc2nscc12. The van der Waals surface area contributed by atoms with Crippen molar-refractivity contribution in [2.45, 2.75) is 0 Å². The van der Waals surface area contributed by atoms with Crippen LogP contribution in [0.4, 0.5) is 5.69 Å². The van der Waals surface area contributed by atoms with Gasteiger partial charge in [0.1, 0.15) is 6.26 Å². The van der Waals surface area contributed by atoms with E-state index in [1.54, 1.807) is 0 Å². The van der Waals surface area contributed by atoms with Gasteiger partial charge in [-0.3, -0.25) is 0 Å². The van der Waals surface area contributed by atoms with Crippen molar-refractivity contribution in [2.75, 3.05) is 5.73 Å². The van der Waals surface area contributed by atoms with Gasteiger partial charge in [0.15, 0.2) is 0 Å². The predicted molar refractivity (Wildman–Crippen MR) is 36.3 cm³/mol. The summed E-state index contributed by atoms with van der Waals surface area (Å²) < 4.78 is 8.90. The molecule has 0 fully saturated rings. The Morgan fingerprint density at radius 2 is 2.56 bits per heavy atom. The van der Waals surface area contributed by atoms with Crippen LogP contribution in [0.15, 0.2) is 16.1 Å².